The van der Waals surface area contributed by atoms with E-state index >= 15 is 4.39 Å². The predicted octanol–water partition coefficient (Wildman–Crippen LogP) is 5.09. The molecule has 5 nitrogen and oxygen atoms in total. The molecule has 1 aliphatic carbocycles. The number of halogens is 7. The largest absolute Gasteiger partial charge is 0.418 e. The maximum absolute atomic E-state index is 15.1. The summed E-state index contributed by atoms with van der Waals surface area (Å²) >= 11 is 0. The highest BCUT2D eigenvalue weighted by molar-refractivity contribution is 6.00. The Morgan fingerprint density at radius 3 is 2.27 bits per heavy atom. The van der Waals surface area contributed by atoms with Gasteiger partial charge in [0.1, 0.15) is 11.4 Å². The molecular weight excluding hydrogens is 509 g/mol. The lowest BCUT2D eigenvalue weighted by Gasteiger charge is -2.43. The van der Waals surface area contributed by atoms with Crippen LogP contribution >= 0.6 is 0 Å². The smallest absolute Gasteiger partial charge is 0.379 e. The summed E-state index contributed by atoms with van der Waals surface area (Å²) in [5.74, 6) is -4.43. The average Bonchev–Trinajstić information content (AvgIpc) is 3.55. The van der Waals surface area contributed by atoms with E-state index in [2.05, 4.69) is 0 Å². The van der Waals surface area contributed by atoms with E-state index in [0.29, 0.717) is 25.0 Å². The third-order valence-electron chi connectivity index (χ3n) is 7.12. The van der Waals surface area contributed by atoms with Crippen molar-refractivity contribution in [2.45, 2.75) is 55.6 Å². The highest BCUT2D eigenvalue weighted by atomic mass is 19.4. The van der Waals surface area contributed by atoms with Crippen LogP contribution in [0.3, 0.4) is 0 Å². The van der Waals surface area contributed by atoms with Crippen LogP contribution in [-0.4, -0.2) is 40.1 Å². The summed E-state index contributed by atoms with van der Waals surface area (Å²) in [5.41, 5.74) is 1.76. The fraction of sp³-hybridized carbons (Fsp3) is 0.440. The summed E-state index contributed by atoms with van der Waals surface area (Å²) in [5, 5.41) is 9.60. The number of benzene rings is 2. The van der Waals surface area contributed by atoms with Gasteiger partial charge in [-0.2, -0.15) is 26.3 Å². The summed E-state index contributed by atoms with van der Waals surface area (Å²) in [6.45, 7) is -0.0285. The van der Waals surface area contributed by atoms with Crippen LogP contribution in [0.2, 0.25) is 0 Å². The Bertz CT molecular complexity index is 1210. The fourth-order valence-corrected chi connectivity index (χ4v) is 5.33. The molecule has 1 heterocycles. The number of carbonyl (C=O) groups is 2. The third kappa shape index (κ3) is 4.90. The van der Waals surface area contributed by atoms with Crippen molar-refractivity contribution in [3.05, 3.63) is 70.5 Å². The van der Waals surface area contributed by atoms with Crippen molar-refractivity contribution in [3.8, 4) is 0 Å². The number of likely N-dealkylation sites (tertiary alicyclic amines) is 1. The SMILES string of the molecule is NC(=O)[C@@]1([C@@H](c2ccc(C(F)(F)F)cc2F)C2CC2)CCCN1C(=O)c1cccc([C@H](O)C(F)(F)F)c1. The van der Waals surface area contributed by atoms with Crippen LogP contribution in [0.1, 0.15) is 64.8 Å². The topological polar surface area (TPSA) is 83.6 Å². The zero-order valence-electron chi connectivity index (χ0n) is 19.2. The lowest BCUT2D eigenvalue weighted by molar-refractivity contribution is -0.206. The second kappa shape index (κ2) is 9.30. The first-order valence-electron chi connectivity index (χ1n) is 11.5. The molecule has 0 aromatic heterocycles. The number of alkyl halides is 6. The fourth-order valence-electron chi connectivity index (χ4n) is 5.33. The number of amides is 2. The van der Waals surface area contributed by atoms with Gasteiger partial charge in [-0.15, -0.1) is 0 Å². The number of carbonyl (C=O) groups excluding carboxylic acids is 2. The molecule has 12 heteroatoms. The molecule has 0 unspecified atom stereocenters. The van der Waals surface area contributed by atoms with Crippen LogP contribution < -0.4 is 5.73 Å². The molecule has 0 radical (unpaired) electrons. The van der Waals surface area contributed by atoms with Gasteiger partial charge in [-0.3, -0.25) is 9.59 Å². The van der Waals surface area contributed by atoms with E-state index in [0.717, 1.165) is 29.2 Å². The quantitative estimate of drug-likeness (QED) is 0.509. The molecule has 2 amide bonds. The van der Waals surface area contributed by atoms with Gasteiger partial charge in [0, 0.05) is 18.0 Å². The molecule has 0 spiro atoms. The van der Waals surface area contributed by atoms with Gasteiger partial charge in [-0.1, -0.05) is 18.2 Å². The molecule has 0 bridgehead atoms. The van der Waals surface area contributed by atoms with Gasteiger partial charge in [0.2, 0.25) is 5.91 Å². The number of hydrogen-bond acceptors (Lipinski definition) is 3. The normalized spacial score (nSPS) is 22.1. The summed E-state index contributed by atoms with van der Waals surface area (Å²) < 4.78 is 93.5. The number of nitrogens with two attached hydrogens (primary N) is 1. The lowest BCUT2D eigenvalue weighted by atomic mass is 9.73. The number of nitrogens with zero attached hydrogens (tertiary/aromatic N) is 1. The van der Waals surface area contributed by atoms with Crippen molar-refractivity contribution in [2.75, 3.05) is 6.54 Å². The average molecular weight is 532 g/mol. The second-order valence-electron chi connectivity index (χ2n) is 9.47. The van der Waals surface area contributed by atoms with Gasteiger partial charge >= 0.3 is 12.4 Å². The van der Waals surface area contributed by atoms with Crippen molar-refractivity contribution in [1.82, 2.24) is 4.90 Å². The molecule has 4 rings (SSSR count). The Hall–Kier alpha value is -3.15. The minimum absolute atomic E-state index is 0.000565. The zero-order chi connectivity index (χ0) is 27.3. The number of primary amides is 1. The monoisotopic (exact) mass is 532 g/mol. The Kier molecular flexibility index (Phi) is 6.76. The van der Waals surface area contributed by atoms with E-state index in [4.69, 9.17) is 5.73 Å². The molecule has 3 atom stereocenters. The van der Waals surface area contributed by atoms with Crippen molar-refractivity contribution >= 4 is 11.8 Å². The van der Waals surface area contributed by atoms with E-state index in [9.17, 15) is 41.0 Å². The van der Waals surface area contributed by atoms with E-state index in [1.165, 1.54) is 6.07 Å². The first-order chi connectivity index (χ1) is 17.2. The van der Waals surface area contributed by atoms with Crippen LogP contribution in [0.5, 0.6) is 0 Å². The van der Waals surface area contributed by atoms with Gasteiger partial charge in [-0.25, -0.2) is 4.39 Å². The van der Waals surface area contributed by atoms with E-state index in [1.54, 1.807) is 0 Å². The van der Waals surface area contributed by atoms with Gasteiger partial charge in [0.25, 0.3) is 5.91 Å². The van der Waals surface area contributed by atoms with Gasteiger partial charge in [-0.05, 0) is 67.0 Å². The first kappa shape index (κ1) is 26.9. The van der Waals surface area contributed by atoms with Crippen molar-refractivity contribution in [1.29, 1.82) is 0 Å². The molecule has 2 aliphatic rings. The molecule has 3 N–H and O–H groups in total. The highest BCUT2D eigenvalue weighted by Gasteiger charge is 2.59. The first-order valence-corrected chi connectivity index (χ1v) is 11.5. The molecule has 1 saturated carbocycles. The van der Waals surface area contributed by atoms with Crippen LogP contribution in [-0.2, 0) is 11.0 Å². The molecule has 200 valence electrons. The highest BCUT2D eigenvalue weighted by Crippen LogP contribution is 2.54. The molecular formula is C25H23F7N2O3. The maximum atomic E-state index is 15.1. The van der Waals surface area contributed by atoms with Crippen LogP contribution in [0.4, 0.5) is 30.7 Å². The molecule has 37 heavy (non-hydrogen) atoms. The summed E-state index contributed by atoms with van der Waals surface area (Å²) in [4.78, 5) is 27.6. The van der Waals surface area contributed by atoms with Gasteiger partial charge in [0.15, 0.2) is 6.10 Å². The predicted molar refractivity (Wildman–Crippen MR) is 117 cm³/mol. The molecule has 1 aliphatic heterocycles. The minimum atomic E-state index is -4.98. The standard InChI is InChI=1S/C25H23F7N2O3/c26-18-12-16(24(27,28)29)7-8-17(18)19(13-5-6-13)23(22(33)37)9-2-10-34(23)21(36)15-4-1-3-14(11-15)20(35)25(30,31)32/h1,3-4,7-8,11-13,19-20,35H,2,5-6,9-10H2,(H2,33,37)/t19-,20+,23+/m1/s1. The van der Waals surface area contributed by atoms with E-state index in [1.807, 2.05) is 0 Å². The van der Waals surface area contributed by atoms with E-state index in [-0.39, 0.29) is 36.4 Å². The lowest BCUT2D eigenvalue weighted by Crippen LogP contribution is -2.60. The summed E-state index contributed by atoms with van der Waals surface area (Å²) in [6, 6.07) is 6.19. The van der Waals surface area contributed by atoms with Crippen LogP contribution in [0, 0.1) is 11.7 Å². The number of rotatable bonds is 6. The Morgan fingerprint density at radius 2 is 1.73 bits per heavy atom. The van der Waals surface area contributed by atoms with Crippen molar-refractivity contribution < 1.29 is 45.4 Å². The van der Waals surface area contributed by atoms with Gasteiger partial charge < -0.3 is 15.7 Å². The summed E-state index contributed by atoms with van der Waals surface area (Å²) in [6.07, 6.45) is -11.3. The van der Waals surface area contributed by atoms with Crippen molar-refractivity contribution in [2.24, 2.45) is 11.7 Å². The Morgan fingerprint density at radius 1 is 1.05 bits per heavy atom. The second-order valence-corrected chi connectivity index (χ2v) is 9.47. The van der Waals surface area contributed by atoms with E-state index < -0.39 is 58.7 Å². The number of aliphatic hydroxyl groups is 1. The molecule has 1 saturated heterocycles. The third-order valence-corrected chi connectivity index (χ3v) is 7.12. The molecule has 2 aromatic rings. The molecule has 2 aromatic carbocycles. The van der Waals surface area contributed by atoms with Crippen molar-refractivity contribution in [3.63, 3.8) is 0 Å². The Balaban J connectivity index is 1.78. The number of hydrogen-bond donors (Lipinski definition) is 2. The maximum Gasteiger partial charge on any atom is 0.418 e. The molecule has 2 fully saturated rings. The number of aliphatic hydroxyl groups excluding tert-OH is 1. The Labute approximate surface area is 207 Å². The van der Waals surface area contributed by atoms with Crippen LogP contribution in [0.25, 0.3) is 0 Å². The van der Waals surface area contributed by atoms with Crippen LogP contribution in [0.15, 0.2) is 42.5 Å². The summed E-state index contributed by atoms with van der Waals surface area (Å²) in [7, 11) is 0. The zero-order valence-corrected chi connectivity index (χ0v) is 19.2. The van der Waals surface area contributed by atoms with Gasteiger partial charge in [0.05, 0.1) is 5.56 Å². The minimum Gasteiger partial charge on any atom is -0.379 e.